The second kappa shape index (κ2) is 4.89. The summed E-state index contributed by atoms with van der Waals surface area (Å²) in [5, 5.41) is 6.31. The molecule has 0 aliphatic carbocycles. The van der Waals surface area contributed by atoms with Gasteiger partial charge in [-0.1, -0.05) is 30.3 Å². The molecule has 2 aliphatic heterocycles. The number of nitrogens with zero attached hydrogens (tertiary/aromatic N) is 3. The summed E-state index contributed by atoms with van der Waals surface area (Å²) in [6.45, 7) is -0.151. The number of fused-ring (bicyclic) bond motifs is 1. The average molecular weight is 343 g/mol. The van der Waals surface area contributed by atoms with E-state index in [2.05, 4.69) is 22.4 Å². The molecule has 25 heavy (non-hydrogen) atoms. The van der Waals surface area contributed by atoms with Gasteiger partial charge in [-0.15, -0.1) is 10.2 Å². The molecule has 124 valence electrons. The average Bonchev–Trinajstić information content (AvgIpc) is 3.37. The molecule has 4 rings (SSSR count). The van der Waals surface area contributed by atoms with E-state index in [1.807, 2.05) is 0 Å². The Morgan fingerprint density at radius 2 is 1.88 bits per heavy atom. The number of rotatable bonds is 3. The Labute approximate surface area is 139 Å². The number of carbonyl (C=O) groups is 2. The van der Waals surface area contributed by atoms with Crippen LogP contribution in [-0.2, 0) is 12.2 Å². The molecule has 0 aromatic heterocycles. The summed E-state index contributed by atoms with van der Waals surface area (Å²) >= 11 is 0. The first-order valence-electron chi connectivity index (χ1n) is 7.22. The first-order valence-corrected chi connectivity index (χ1v) is 7.22. The van der Waals surface area contributed by atoms with E-state index in [0.717, 1.165) is 4.90 Å². The van der Waals surface area contributed by atoms with E-state index in [-0.39, 0.29) is 23.2 Å². The van der Waals surface area contributed by atoms with Gasteiger partial charge in [0.15, 0.2) is 0 Å². The summed E-state index contributed by atoms with van der Waals surface area (Å²) in [4.78, 5) is 25.6. The van der Waals surface area contributed by atoms with Crippen LogP contribution in [0.25, 0.3) is 0 Å². The molecular formula is C17H8F3N3O2. The molecule has 0 spiro atoms. The van der Waals surface area contributed by atoms with Crippen molar-refractivity contribution in [3.05, 3.63) is 70.8 Å². The molecule has 2 aromatic carbocycles. The highest BCUT2D eigenvalue weighted by Crippen LogP contribution is 2.52. The van der Waals surface area contributed by atoms with E-state index in [9.17, 15) is 22.8 Å². The first kappa shape index (κ1) is 15.3. The van der Waals surface area contributed by atoms with Gasteiger partial charge < -0.3 is 0 Å². The molecule has 0 unspecified atom stereocenters. The number of benzene rings is 1. The minimum absolute atomic E-state index is 0.114. The van der Waals surface area contributed by atoms with Gasteiger partial charge in [0, 0.05) is 5.56 Å². The van der Waals surface area contributed by atoms with Crippen molar-refractivity contribution in [3.63, 3.8) is 0 Å². The van der Waals surface area contributed by atoms with Crippen LogP contribution in [0.15, 0.2) is 46.6 Å². The number of carbonyl (C=O) groups excluding carboxylic acids is 2. The smallest absolute Gasteiger partial charge is 0.269 e. The summed E-state index contributed by atoms with van der Waals surface area (Å²) < 4.78 is 39.3. The van der Waals surface area contributed by atoms with E-state index < -0.39 is 23.7 Å². The normalized spacial score (nSPS) is 17.5. The van der Waals surface area contributed by atoms with Crippen LogP contribution in [0.5, 0.6) is 0 Å². The number of hydrogen-bond donors (Lipinski definition) is 0. The summed E-state index contributed by atoms with van der Waals surface area (Å²) in [5.74, 6) is -1.06. The van der Waals surface area contributed by atoms with Crippen LogP contribution in [0.2, 0.25) is 0 Å². The van der Waals surface area contributed by atoms with Crippen molar-refractivity contribution in [1.29, 1.82) is 0 Å². The van der Waals surface area contributed by atoms with Gasteiger partial charge in [-0.3, -0.25) is 14.5 Å². The van der Waals surface area contributed by atoms with Crippen molar-refractivity contribution in [2.24, 2.45) is 10.2 Å². The Kier molecular flexibility index (Phi) is 3.00. The van der Waals surface area contributed by atoms with Crippen LogP contribution in [0, 0.1) is 12.1 Å². The monoisotopic (exact) mass is 343 g/mol. The molecule has 0 saturated heterocycles. The Morgan fingerprint density at radius 1 is 1.12 bits per heavy atom. The van der Waals surface area contributed by atoms with Gasteiger partial charge in [0.25, 0.3) is 11.8 Å². The topological polar surface area (TPSA) is 62.1 Å². The van der Waals surface area contributed by atoms with Crippen LogP contribution in [0.1, 0.15) is 31.8 Å². The van der Waals surface area contributed by atoms with Crippen molar-refractivity contribution in [3.8, 4) is 0 Å². The van der Waals surface area contributed by atoms with Crippen molar-refractivity contribution >= 4 is 11.8 Å². The molecule has 2 aromatic rings. The van der Waals surface area contributed by atoms with E-state index in [1.165, 1.54) is 36.4 Å². The fourth-order valence-electron chi connectivity index (χ4n) is 2.76. The maximum atomic E-state index is 13.1. The van der Waals surface area contributed by atoms with Crippen LogP contribution in [0.4, 0.5) is 13.2 Å². The zero-order valence-corrected chi connectivity index (χ0v) is 12.5. The van der Waals surface area contributed by atoms with Gasteiger partial charge in [0.05, 0.1) is 12.1 Å². The molecule has 2 heterocycles. The molecule has 8 heteroatoms. The quantitative estimate of drug-likeness (QED) is 0.803. The molecular weight excluding hydrogens is 335 g/mol. The number of hydrogen-bond acceptors (Lipinski definition) is 4. The third kappa shape index (κ3) is 2.20. The van der Waals surface area contributed by atoms with Crippen molar-refractivity contribution < 1.29 is 22.8 Å². The van der Waals surface area contributed by atoms with E-state index in [0.29, 0.717) is 5.56 Å². The standard InChI is InChI=1S/C17H8F3N3O2/c18-17(19,20)16(21-22-16)11-5-3-4-10(8-11)9-23-14(24)12-6-1-2-7-13(12)15(23)25/h1,3-6,8H,9H2. The Hall–Kier alpha value is -3.21. The fourth-order valence-corrected chi connectivity index (χ4v) is 2.76. The maximum Gasteiger partial charge on any atom is 0.442 e. The van der Waals surface area contributed by atoms with Crippen LogP contribution >= 0.6 is 0 Å². The summed E-state index contributed by atoms with van der Waals surface area (Å²) in [6, 6.07) is 13.6. The van der Waals surface area contributed by atoms with Gasteiger partial charge >= 0.3 is 11.8 Å². The lowest BCUT2D eigenvalue weighted by Crippen LogP contribution is -2.31. The van der Waals surface area contributed by atoms with Gasteiger partial charge in [0.2, 0.25) is 0 Å². The van der Waals surface area contributed by atoms with Crippen LogP contribution in [0.3, 0.4) is 0 Å². The van der Waals surface area contributed by atoms with Crippen molar-refractivity contribution in [1.82, 2.24) is 4.90 Å². The third-order valence-corrected chi connectivity index (χ3v) is 4.10. The highest BCUT2D eigenvalue weighted by atomic mass is 19.4. The number of halogens is 3. The zero-order chi connectivity index (χ0) is 17.8. The fraction of sp³-hybridized carbons (Fsp3) is 0.176. The van der Waals surface area contributed by atoms with Crippen molar-refractivity contribution in [2.75, 3.05) is 0 Å². The van der Waals surface area contributed by atoms with E-state index in [4.69, 9.17) is 0 Å². The summed E-state index contributed by atoms with van der Waals surface area (Å²) in [6.07, 6.45) is -4.63. The lowest BCUT2D eigenvalue weighted by molar-refractivity contribution is -0.166. The molecule has 0 N–H and O–H groups in total. The van der Waals surface area contributed by atoms with Gasteiger partial charge in [-0.2, -0.15) is 13.2 Å². The second-order valence-corrected chi connectivity index (χ2v) is 5.66. The van der Waals surface area contributed by atoms with E-state index in [1.54, 1.807) is 0 Å². The lowest BCUT2D eigenvalue weighted by Gasteiger charge is -2.17. The van der Waals surface area contributed by atoms with E-state index >= 15 is 0 Å². The zero-order valence-electron chi connectivity index (χ0n) is 12.5. The predicted molar refractivity (Wildman–Crippen MR) is 77.3 cm³/mol. The molecule has 0 atom stereocenters. The highest BCUT2D eigenvalue weighted by molar-refractivity contribution is 6.20. The summed E-state index contributed by atoms with van der Waals surface area (Å²) in [7, 11) is 0. The molecule has 0 fully saturated rings. The molecule has 0 bridgehead atoms. The predicted octanol–water partition coefficient (Wildman–Crippen LogP) is 3.26. The highest BCUT2D eigenvalue weighted by Gasteiger charge is 2.65. The molecule has 5 nitrogen and oxygen atoms in total. The molecule has 2 aliphatic rings. The van der Waals surface area contributed by atoms with Gasteiger partial charge in [-0.05, 0) is 23.8 Å². The van der Waals surface area contributed by atoms with Crippen LogP contribution < -0.4 is 0 Å². The third-order valence-electron chi connectivity index (χ3n) is 4.10. The van der Waals surface area contributed by atoms with Gasteiger partial charge in [0.1, 0.15) is 5.56 Å². The summed E-state index contributed by atoms with van der Waals surface area (Å²) in [5.41, 5.74) is -1.99. The number of imide groups is 1. The second-order valence-electron chi connectivity index (χ2n) is 5.66. The van der Waals surface area contributed by atoms with Gasteiger partial charge in [-0.25, -0.2) is 0 Å². The first-order chi connectivity index (χ1) is 11.8. The SMILES string of the molecule is O=C1c2c#cccc2C(=O)N1Cc1cccc(C2(C(F)(F)F)N=N2)c1. The largest absolute Gasteiger partial charge is 0.442 e. The molecule has 0 radical (unpaired) electrons. The molecule has 0 saturated carbocycles. The minimum atomic E-state index is -4.63. The Balaban J connectivity index is 1.62. The number of amides is 2. The number of alkyl halides is 3. The Bertz CT molecular complexity index is 896. The minimum Gasteiger partial charge on any atom is -0.269 e. The van der Waals surface area contributed by atoms with Crippen molar-refractivity contribution in [2.45, 2.75) is 18.4 Å². The Morgan fingerprint density at radius 3 is 2.52 bits per heavy atom. The van der Waals surface area contributed by atoms with Crippen LogP contribution in [-0.4, -0.2) is 22.9 Å². The molecule has 2 amide bonds. The maximum absolute atomic E-state index is 13.1. The lowest BCUT2D eigenvalue weighted by atomic mass is 10.0.